The number of quaternary nitrogens is 1. The third kappa shape index (κ3) is 17.4. The second-order valence-electron chi connectivity index (χ2n) is 10.0. The van der Waals surface area contributed by atoms with Crippen molar-refractivity contribution in [3.8, 4) is 5.75 Å². The van der Waals surface area contributed by atoms with Crippen molar-refractivity contribution in [2.75, 3.05) is 46.9 Å². The molecule has 0 radical (unpaired) electrons. The summed E-state index contributed by atoms with van der Waals surface area (Å²) in [5, 5.41) is 5.92. The maximum Gasteiger partial charge on any atom is 0.275 e. The average Bonchev–Trinajstić information content (AvgIpc) is 2.81. The van der Waals surface area contributed by atoms with Gasteiger partial charge in [0.2, 0.25) is 0 Å². The molecule has 194 valence electrons. The Hall–Kier alpha value is -2.08. The average molecular weight is 477 g/mol. The Morgan fingerprint density at radius 3 is 1.85 bits per heavy atom. The molecular weight excluding hydrogens is 426 g/mol. The first kappa shape index (κ1) is 30.0. The highest BCUT2D eigenvalue weighted by Gasteiger charge is 2.19. The van der Waals surface area contributed by atoms with Gasteiger partial charge >= 0.3 is 0 Å². The molecule has 0 aliphatic rings. The van der Waals surface area contributed by atoms with Crippen LogP contribution in [0.3, 0.4) is 0 Å². The Morgan fingerprint density at radius 1 is 0.735 bits per heavy atom. The number of ether oxygens (including phenoxy) is 1. The maximum absolute atomic E-state index is 12.3. The fourth-order valence-corrected chi connectivity index (χ4v) is 3.93. The van der Waals surface area contributed by atoms with Gasteiger partial charge < -0.3 is 19.9 Å². The number of nitrogens with one attached hydrogen (secondary N) is 2. The van der Waals surface area contributed by atoms with Crippen LogP contribution in [0.5, 0.6) is 5.75 Å². The molecule has 0 saturated heterocycles. The van der Waals surface area contributed by atoms with Crippen LogP contribution >= 0.6 is 0 Å². The van der Waals surface area contributed by atoms with Gasteiger partial charge in [-0.3, -0.25) is 9.59 Å². The van der Waals surface area contributed by atoms with E-state index in [1.165, 1.54) is 70.6 Å². The fraction of sp³-hybridized carbons (Fsp3) is 0.714. The SMILES string of the molecule is CCCCCCCCCCCCCCNC(=O)C[N+](C)(C)CCNC(=O)COc1ccccc1. The largest absolute Gasteiger partial charge is 0.484 e. The predicted octanol–water partition coefficient (Wildman–Crippen LogP) is 5.08. The lowest BCUT2D eigenvalue weighted by atomic mass is 10.1. The number of rotatable bonds is 21. The maximum atomic E-state index is 12.3. The molecule has 0 aromatic heterocycles. The Labute approximate surface area is 208 Å². The highest BCUT2D eigenvalue weighted by Crippen LogP contribution is 2.12. The zero-order chi connectivity index (χ0) is 24.9. The van der Waals surface area contributed by atoms with Gasteiger partial charge in [-0.05, 0) is 18.6 Å². The van der Waals surface area contributed by atoms with Gasteiger partial charge in [0.15, 0.2) is 13.2 Å². The molecule has 6 nitrogen and oxygen atoms in total. The summed E-state index contributed by atoms with van der Waals surface area (Å²) in [6.45, 7) is 4.62. The Balaban J connectivity index is 1.97. The zero-order valence-corrected chi connectivity index (χ0v) is 22.1. The molecule has 0 unspecified atom stereocenters. The lowest BCUT2D eigenvalue weighted by Gasteiger charge is -2.29. The summed E-state index contributed by atoms with van der Waals surface area (Å²) in [6.07, 6.45) is 15.8. The number of likely N-dealkylation sites (N-methyl/N-ethyl adjacent to an activating group) is 1. The number of hydrogen-bond donors (Lipinski definition) is 2. The second-order valence-corrected chi connectivity index (χ2v) is 10.0. The van der Waals surface area contributed by atoms with E-state index in [1.807, 2.05) is 44.4 Å². The van der Waals surface area contributed by atoms with Gasteiger partial charge in [0, 0.05) is 6.54 Å². The molecule has 6 heteroatoms. The topological polar surface area (TPSA) is 67.4 Å². The van der Waals surface area contributed by atoms with Gasteiger partial charge in [0.05, 0.1) is 27.2 Å². The minimum atomic E-state index is -0.153. The van der Waals surface area contributed by atoms with Crippen LogP contribution in [0.4, 0.5) is 0 Å². The van der Waals surface area contributed by atoms with Gasteiger partial charge in [-0.1, -0.05) is 95.8 Å². The van der Waals surface area contributed by atoms with Crippen molar-refractivity contribution in [1.29, 1.82) is 0 Å². The van der Waals surface area contributed by atoms with Crippen molar-refractivity contribution in [3.05, 3.63) is 30.3 Å². The standard InChI is InChI=1S/C28H49N3O3/c1-4-5-6-7-8-9-10-11-12-13-14-18-21-29-27(32)24-31(2,3)23-22-30-28(33)25-34-26-19-16-15-17-20-26/h15-17,19-20H,4-14,18,21-25H2,1-3H3,(H-,29,30,32,33)/p+1. The Bertz CT molecular complexity index is 650. The third-order valence-electron chi connectivity index (χ3n) is 6.08. The van der Waals surface area contributed by atoms with E-state index in [0.29, 0.717) is 29.9 Å². The molecular formula is C28H50N3O3+. The molecule has 0 saturated carbocycles. The molecule has 2 N–H and O–H groups in total. The van der Waals surface area contributed by atoms with Crippen molar-refractivity contribution in [1.82, 2.24) is 10.6 Å². The minimum Gasteiger partial charge on any atom is -0.484 e. The first-order valence-corrected chi connectivity index (χ1v) is 13.5. The molecule has 2 amide bonds. The molecule has 0 bridgehead atoms. The monoisotopic (exact) mass is 476 g/mol. The lowest BCUT2D eigenvalue weighted by molar-refractivity contribution is -0.881. The van der Waals surface area contributed by atoms with Crippen LogP contribution in [0.2, 0.25) is 0 Å². The van der Waals surface area contributed by atoms with Gasteiger partial charge in [0.25, 0.3) is 11.8 Å². The van der Waals surface area contributed by atoms with Crippen LogP contribution in [-0.2, 0) is 9.59 Å². The normalized spacial score (nSPS) is 11.3. The number of carbonyl (C=O) groups is 2. The molecule has 0 heterocycles. The minimum absolute atomic E-state index is 0.00300. The number of amides is 2. The van der Waals surface area contributed by atoms with E-state index < -0.39 is 0 Å². The van der Waals surface area contributed by atoms with Gasteiger partial charge in [-0.25, -0.2) is 0 Å². The zero-order valence-electron chi connectivity index (χ0n) is 22.1. The molecule has 0 aliphatic heterocycles. The first-order valence-electron chi connectivity index (χ1n) is 13.5. The van der Waals surface area contributed by atoms with Gasteiger partial charge in [0.1, 0.15) is 5.75 Å². The molecule has 1 rings (SSSR count). The van der Waals surface area contributed by atoms with Crippen molar-refractivity contribution in [2.45, 2.75) is 84.0 Å². The van der Waals surface area contributed by atoms with Crippen molar-refractivity contribution in [2.24, 2.45) is 0 Å². The summed E-state index contributed by atoms with van der Waals surface area (Å²) in [5.41, 5.74) is 0. The number of benzene rings is 1. The second kappa shape index (κ2) is 19.2. The predicted molar refractivity (Wildman–Crippen MR) is 141 cm³/mol. The summed E-state index contributed by atoms with van der Waals surface area (Å²) < 4.78 is 5.98. The van der Waals surface area contributed by atoms with Crippen LogP contribution in [-0.4, -0.2) is 63.2 Å². The number of hydrogen-bond acceptors (Lipinski definition) is 3. The number of nitrogens with zero attached hydrogens (tertiary/aromatic N) is 1. The summed E-state index contributed by atoms with van der Waals surface area (Å²) in [5.74, 6) is 0.602. The summed E-state index contributed by atoms with van der Waals surface area (Å²) in [7, 11) is 4.02. The van der Waals surface area contributed by atoms with E-state index in [1.54, 1.807) is 0 Å². The first-order chi connectivity index (χ1) is 16.4. The van der Waals surface area contributed by atoms with E-state index in [9.17, 15) is 9.59 Å². The number of para-hydroxylation sites is 1. The van der Waals surface area contributed by atoms with Crippen molar-refractivity contribution >= 4 is 11.8 Å². The van der Waals surface area contributed by atoms with Crippen molar-refractivity contribution in [3.63, 3.8) is 0 Å². The van der Waals surface area contributed by atoms with Crippen LogP contribution < -0.4 is 15.4 Å². The van der Waals surface area contributed by atoms with Crippen molar-refractivity contribution < 1.29 is 18.8 Å². The summed E-state index contributed by atoms with van der Waals surface area (Å²) in [6, 6.07) is 9.29. The smallest absolute Gasteiger partial charge is 0.275 e. The molecule has 0 aliphatic carbocycles. The molecule has 1 aromatic rings. The lowest BCUT2D eigenvalue weighted by Crippen LogP contribution is -2.51. The molecule has 0 spiro atoms. The van der Waals surface area contributed by atoms with E-state index >= 15 is 0 Å². The van der Waals surface area contributed by atoms with E-state index in [4.69, 9.17) is 4.74 Å². The quantitative estimate of drug-likeness (QED) is 0.192. The van der Waals surface area contributed by atoms with E-state index in [2.05, 4.69) is 17.6 Å². The third-order valence-corrected chi connectivity index (χ3v) is 6.08. The van der Waals surface area contributed by atoms with E-state index in [-0.39, 0.29) is 18.4 Å². The summed E-state index contributed by atoms with van der Waals surface area (Å²) >= 11 is 0. The number of unbranched alkanes of at least 4 members (excludes halogenated alkanes) is 11. The van der Waals surface area contributed by atoms with E-state index in [0.717, 1.165) is 13.0 Å². The highest BCUT2D eigenvalue weighted by atomic mass is 16.5. The summed E-state index contributed by atoms with van der Waals surface area (Å²) in [4.78, 5) is 24.2. The number of carbonyl (C=O) groups excluding carboxylic acids is 2. The molecule has 34 heavy (non-hydrogen) atoms. The molecule has 0 fully saturated rings. The van der Waals surface area contributed by atoms with Crippen LogP contribution in [0.25, 0.3) is 0 Å². The Morgan fingerprint density at radius 2 is 1.26 bits per heavy atom. The van der Waals surface area contributed by atoms with Gasteiger partial charge in [-0.15, -0.1) is 0 Å². The highest BCUT2D eigenvalue weighted by molar-refractivity contribution is 5.77. The molecule has 1 aromatic carbocycles. The van der Waals surface area contributed by atoms with Crippen LogP contribution in [0.1, 0.15) is 84.0 Å². The van der Waals surface area contributed by atoms with Gasteiger partial charge in [-0.2, -0.15) is 0 Å². The Kier molecular flexibility index (Phi) is 17.0. The molecule has 0 atom stereocenters. The van der Waals surface area contributed by atoms with Crippen LogP contribution in [0.15, 0.2) is 30.3 Å². The van der Waals surface area contributed by atoms with Crippen LogP contribution in [0, 0.1) is 0 Å². The fourth-order valence-electron chi connectivity index (χ4n) is 3.93.